The Morgan fingerprint density at radius 2 is 1.95 bits per heavy atom. The van der Waals surface area contributed by atoms with Gasteiger partial charge in [-0.05, 0) is 31.2 Å². The molecule has 0 aliphatic carbocycles. The van der Waals surface area contributed by atoms with E-state index in [9.17, 15) is 0 Å². The fraction of sp³-hybridized carbons (Fsp3) is 0.588. The van der Waals surface area contributed by atoms with E-state index in [4.69, 9.17) is 4.74 Å². The Morgan fingerprint density at radius 3 is 2.67 bits per heavy atom. The molecule has 0 spiro atoms. The summed E-state index contributed by atoms with van der Waals surface area (Å²) in [6.07, 6.45) is 4.76. The Kier molecular flexibility index (Phi) is 7.08. The van der Waals surface area contributed by atoms with E-state index >= 15 is 0 Å². The molecule has 0 atom stereocenters. The van der Waals surface area contributed by atoms with Gasteiger partial charge in [0.15, 0.2) is 5.96 Å². The third kappa shape index (κ3) is 5.76. The van der Waals surface area contributed by atoms with Gasteiger partial charge in [-0.15, -0.1) is 0 Å². The summed E-state index contributed by atoms with van der Waals surface area (Å²) in [7, 11) is 1.86. The fourth-order valence-electron chi connectivity index (χ4n) is 2.55. The molecule has 21 heavy (non-hydrogen) atoms. The minimum atomic E-state index is 0.712. The Labute approximate surface area is 128 Å². The molecule has 1 aliphatic heterocycles. The minimum Gasteiger partial charge on any atom is -0.377 e. The van der Waals surface area contributed by atoms with Crippen molar-refractivity contribution in [2.75, 3.05) is 33.3 Å². The Balaban J connectivity index is 1.50. The zero-order valence-corrected chi connectivity index (χ0v) is 13.1. The zero-order chi connectivity index (χ0) is 14.8. The van der Waals surface area contributed by atoms with Gasteiger partial charge in [-0.25, -0.2) is 0 Å². The third-order valence-electron chi connectivity index (χ3n) is 3.73. The molecule has 1 saturated heterocycles. The number of rotatable bonds is 7. The molecule has 1 aromatic carbocycles. The van der Waals surface area contributed by atoms with Crippen molar-refractivity contribution in [1.82, 2.24) is 10.2 Å². The molecule has 4 nitrogen and oxygen atoms in total. The Hall–Kier alpha value is -1.55. The number of aliphatic imine (C=N–C) groups is 1. The van der Waals surface area contributed by atoms with Gasteiger partial charge in [0.25, 0.3) is 0 Å². The van der Waals surface area contributed by atoms with Crippen LogP contribution in [0.15, 0.2) is 35.3 Å². The molecule has 2 rings (SSSR count). The average molecular weight is 289 g/mol. The van der Waals surface area contributed by atoms with Crippen LogP contribution in [0.1, 0.15) is 31.2 Å². The molecule has 0 amide bonds. The maximum absolute atomic E-state index is 5.68. The van der Waals surface area contributed by atoms with Crippen LogP contribution in [0, 0.1) is 0 Å². The van der Waals surface area contributed by atoms with Crippen LogP contribution in [0.25, 0.3) is 0 Å². The van der Waals surface area contributed by atoms with E-state index in [-0.39, 0.29) is 0 Å². The summed E-state index contributed by atoms with van der Waals surface area (Å²) < 4.78 is 5.68. The predicted molar refractivity (Wildman–Crippen MR) is 87.5 cm³/mol. The largest absolute Gasteiger partial charge is 0.377 e. The lowest BCUT2D eigenvalue weighted by atomic mass is 10.2. The van der Waals surface area contributed by atoms with Crippen molar-refractivity contribution >= 4 is 5.96 Å². The van der Waals surface area contributed by atoms with Crippen LogP contribution in [0.4, 0.5) is 0 Å². The second-order valence-electron chi connectivity index (χ2n) is 5.41. The van der Waals surface area contributed by atoms with Crippen LogP contribution in [0.5, 0.6) is 0 Å². The molecule has 1 N–H and O–H groups in total. The number of guanidine groups is 1. The fourth-order valence-corrected chi connectivity index (χ4v) is 2.55. The summed E-state index contributed by atoms with van der Waals surface area (Å²) in [5.74, 6) is 1.05. The van der Waals surface area contributed by atoms with Crippen molar-refractivity contribution in [2.24, 2.45) is 4.99 Å². The van der Waals surface area contributed by atoms with Gasteiger partial charge in [0.1, 0.15) is 0 Å². The molecule has 0 unspecified atom stereocenters. The van der Waals surface area contributed by atoms with Crippen molar-refractivity contribution in [2.45, 2.75) is 32.3 Å². The second-order valence-corrected chi connectivity index (χ2v) is 5.41. The maximum atomic E-state index is 5.68. The molecule has 116 valence electrons. The van der Waals surface area contributed by atoms with E-state index in [0.29, 0.717) is 6.61 Å². The molecule has 1 aliphatic rings. The van der Waals surface area contributed by atoms with Crippen molar-refractivity contribution in [1.29, 1.82) is 0 Å². The second kappa shape index (κ2) is 9.40. The molecular formula is C17H27N3O. The summed E-state index contributed by atoms with van der Waals surface area (Å²) in [5, 5.41) is 3.44. The normalized spacial score (nSPS) is 15.5. The lowest BCUT2D eigenvalue weighted by Gasteiger charge is -2.20. The van der Waals surface area contributed by atoms with Crippen molar-refractivity contribution < 1.29 is 4.74 Å². The summed E-state index contributed by atoms with van der Waals surface area (Å²) in [6, 6.07) is 10.3. The van der Waals surface area contributed by atoms with Gasteiger partial charge < -0.3 is 15.0 Å². The molecule has 1 heterocycles. The molecule has 0 bridgehead atoms. The summed E-state index contributed by atoms with van der Waals surface area (Å²) >= 11 is 0. The lowest BCUT2D eigenvalue weighted by molar-refractivity contribution is 0.117. The first kappa shape index (κ1) is 15.8. The Bertz CT molecular complexity index is 413. The molecule has 1 fully saturated rings. The molecule has 0 aromatic heterocycles. The van der Waals surface area contributed by atoms with Crippen LogP contribution in [0.2, 0.25) is 0 Å². The number of hydrogen-bond donors (Lipinski definition) is 1. The number of ether oxygens (including phenoxy) is 1. The van der Waals surface area contributed by atoms with E-state index in [0.717, 1.165) is 45.0 Å². The van der Waals surface area contributed by atoms with Crippen LogP contribution in [-0.2, 0) is 11.3 Å². The number of hydrogen-bond acceptors (Lipinski definition) is 2. The van der Waals surface area contributed by atoms with Gasteiger partial charge in [0.2, 0.25) is 0 Å². The summed E-state index contributed by atoms with van der Waals surface area (Å²) in [4.78, 5) is 6.68. The third-order valence-corrected chi connectivity index (χ3v) is 3.73. The van der Waals surface area contributed by atoms with Gasteiger partial charge in [0.05, 0.1) is 6.61 Å². The Morgan fingerprint density at radius 1 is 1.19 bits per heavy atom. The highest BCUT2D eigenvalue weighted by atomic mass is 16.5. The number of nitrogens with zero attached hydrogens (tertiary/aromatic N) is 2. The standard InChI is InChI=1S/C17H27N3O/c1-18-17(20-12-6-7-13-20)19-11-5-8-14-21-15-16-9-3-2-4-10-16/h2-4,9-10H,5-8,11-15H2,1H3,(H,18,19). The number of unbranched alkanes of at least 4 members (excludes halogenated alkanes) is 1. The van der Waals surface area contributed by atoms with Gasteiger partial charge in [0, 0.05) is 33.3 Å². The molecular weight excluding hydrogens is 262 g/mol. The van der Waals surface area contributed by atoms with E-state index in [2.05, 4.69) is 27.3 Å². The molecule has 0 radical (unpaired) electrons. The van der Waals surface area contributed by atoms with Crippen LogP contribution < -0.4 is 5.32 Å². The highest BCUT2D eigenvalue weighted by Crippen LogP contribution is 2.07. The van der Waals surface area contributed by atoms with E-state index in [1.807, 2.05) is 25.2 Å². The van der Waals surface area contributed by atoms with Crippen LogP contribution in [0.3, 0.4) is 0 Å². The SMILES string of the molecule is CN=C(NCCCCOCc1ccccc1)N1CCCC1. The van der Waals surface area contributed by atoms with Crippen molar-refractivity contribution in [3.05, 3.63) is 35.9 Å². The van der Waals surface area contributed by atoms with Crippen LogP contribution in [-0.4, -0.2) is 44.1 Å². The minimum absolute atomic E-state index is 0.712. The number of benzene rings is 1. The molecule has 4 heteroatoms. The van der Waals surface area contributed by atoms with Crippen LogP contribution >= 0.6 is 0 Å². The van der Waals surface area contributed by atoms with E-state index < -0.39 is 0 Å². The monoisotopic (exact) mass is 289 g/mol. The first-order valence-electron chi connectivity index (χ1n) is 7.97. The first-order chi connectivity index (χ1) is 10.4. The molecule has 0 saturated carbocycles. The summed E-state index contributed by atoms with van der Waals surface area (Å²) in [6.45, 7) is 4.78. The lowest BCUT2D eigenvalue weighted by Crippen LogP contribution is -2.39. The highest BCUT2D eigenvalue weighted by molar-refractivity contribution is 5.80. The van der Waals surface area contributed by atoms with Gasteiger partial charge in [-0.1, -0.05) is 30.3 Å². The smallest absolute Gasteiger partial charge is 0.193 e. The predicted octanol–water partition coefficient (Wildman–Crippen LogP) is 2.65. The van der Waals surface area contributed by atoms with Crippen molar-refractivity contribution in [3.8, 4) is 0 Å². The first-order valence-corrected chi connectivity index (χ1v) is 7.97. The topological polar surface area (TPSA) is 36.9 Å². The average Bonchev–Trinajstić information content (AvgIpc) is 3.05. The zero-order valence-electron chi connectivity index (χ0n) is 13.1. The molecule has 1 aromatic rings. The van der Waals surface area contributed by atoms with Crippen molar-refractivity contribution in [3.63, 3.8) is 0 Å². The number of likely N-dealkylation sites (tertiary alicyclic amines) is 1. The highest BCUT2D eigenvalue weighted by Gasteiger charge is 2.14. The number of nitrogens with one attached hydrogen (secondary N) is 1. The van der Waals surface area contributed by atoms with Gasteiger partial charge in [-0.3, -0.25) is 4.99 Å². The quantitative estimate of drug-likeness (QED) is 0.476. The van der Waals surface area contributed by atoms with Gasteiger partial charge in [-0.2, -0.15) is 0 Å². The summed E-state index contributed by atoms with van der Waals surface area (Å²) in [5.41, 5.74) is 1.24. The maximum Gasteiger partial charge on any atom is 0.193 e. The van der Waals surface area contributed by atoms with E-state index in [1.54, 1.807) is 0 Å². The van der Waals surface area contributed by atoms with E-state index in [1.165, 1.54) is 18.4 Å². The van der Waals surface area contributed by atoms with Gasteiger partial charge >= 0.3 is 0 Å².